The molecule has 0 N–H and O–H groups in total. The van der Waals surface area contributed by atoms with Gasteiger partial charge in [0.25, 0.3) is 0 Å². The first-order chi connectivity index (χ1) is 13.0. The van der Waals surface area contributed by atoms with Crippen LogP contribution in [0.5, 0.6) is 0 Å². The predicted molar refractivity (Wildman–Crippen MR) is 110 cm³/mol. The zero-order valence-electron chi connectivity index (χ0n) is 15.0. The Morgan fingerprint density at radius 1 is 1.04 bits per heavy atom. The average Bonchev–Trinajstić information content (AvgIpc) is 3.05. The van der Waals surface area contributed by atoms with Crippen LogP contribution in [0.1, 0.15) is 24.5 Å². The van der Waals surface area contributed by atoms with E-state index in [9.17, 15) is 8.42 Å². The minimum atomic E-state index is -3.95. The maximum absolute atomic E-state index is 12.5. The van der Waals surface area contributed by atoms with Crippen molar-refractivity contribution in [3.63, 3.8) is 0 Å². The lowest BCUT2D eigenvalue weighted by molar-refractivity contribution is 0.338. The summed E-state index contributed by atoms with van der Waals surface area (Å²) in [5.41, 5.74) is 2.65. The van der Waals surface area contributed by atoms with Gasteiger partial charge in [-0.25, -0.2) is 0 Å². The Labute approximate surface area is 163 Å². The second-order valence-corrected chi connectivity index (χ2v) is 9.27. The molecule has 1 aliphatic heterocycles. The minimum absolute atomic E-state index is 0.0685. The van der Waals surface area contributed by atoms with Crippen LogP contribution in [-0.4, -0.2) is 19.4 Å². The summed E-state index contributed by atoms with van der Waals surface area (Å²) in [4.78, 5) is 1.21. The first-order valence-corrected chi connectivity index (χ1v) is 11.1. The molecule has 3 aromatic carbocycles. The van der Waals surface area contributed by atoms with E-state index in [4.69, 9.17) is 4.28 Å². The van der Waals surface area contributed by atoms with Gasteiger partial charge in [-0.1, -0.05) is 60.1 Å². The molecule has 0 bridgehead atoms. The Balaban J connectivity index is 1.77. The van der Waals surface area contributed by atoms with Gasteiger partial charge in [-0.15, -0.1) is 11.8 Å². The molecule has 3 aromatic rings. The molecule has 0 saturated heterocycles. The van der Waals surface area contributed by atoms with E-state index in [0.717, 1.165) is 33.2 Å². The van der Waals surface area contributed by atoms with Gasteiger partial charge in [-0.2, -0.15) is 8.42 Å². The number of hydrogen-bond donors (Lipinski definition) is 0. The van der Waals surface area contributed by atoms with Gasteiger partial charge in [0, 0.05) is 10.5 Å². The van der Waals surface area contributed by atoms with E-state index in [1.807, 2.05) is 31.2 Å². The molecule has 0 aliphatic carbocycles. The van der Waals surface area contributed by atoms with E-state index in [1.54, 1.807) is 23.9 Å². The first-order valence-electron chi connectivity index (χ1n) is 8.76. The maximum atomic E-state index is 12.5. The predicted octanol–water partition coefficient (Wildman–Crippen LogP) is 5.14. The van der Waals surface area contributed by atoms with Crippen molar-refractivity contribution in [2.24, 2.45) is 5.16 Å². The molecule has 0 fully saturated rings. The molecule has 138 valence electrons. The Kier molecular flexibility index (Phi) is 4.70. The maximum Gasteiger partial charge on any atom is 0.358 e. The molecule has 0 radical (unpaired) electrons. The third-order valence-corrected chi connectivity index (χ3v) is 7.19. The highest BCUT2D eigenvalue weighted by Gasteiger charge is 2.31. The number of thioether (sulfide) groups is 1. The molecule has 0 amide bonds. The van der Waals surface area contributed by atoms with Crippen molar-refractivity contribution >= 4 is 38.4 Å². The molecule has 0 aromatic heterocycles. The highest BCUT2D eigenvalue weighted by molar-refractivity contribution is 8.01. The Morgan fingerprint density at radius 3 is 2.52 bits per heavy atom. The molecule has 4 nitrogen and oxygen atoms in total. The fourth-order valence-corrected chi connectivity index (χ4v) is 5.16. The zero-order valence-corrected chi connectivity index (χ0v) is 16.7. The largest absolute Gasteiger partial charge is 0.358 e. The van der Waals surface area contributed by atoms with E-state index in [2.05, 4.69) is 24.2 Å². The molecule has 1 heterocycles. The number of benzene rings is 3. The Hall–Kier alpha value is -2.31. The Bertz CT molecular complexity index is 1140. The standard InChI is InChI=1S/C21H19NO3S2/c1-3-18-21(22-25-27(23,24)16-11-8-14(2)9-12-16)20-17-7-5-4-6-15(17)10-13-19(20)26-18/h4-13,18H,3H2,1-2H3/b22-21+. The van der Waals surface area contributed by atoms with Gasteiger partial charge in [-0.05, 0) is 42.3 Å². The highest BCUT2D eigenvalue weighted by Crippen LogP contribution is 2.42. The van der Waals surface area contributed by atoms with Crippen LogP contribution in [0.2, 0.25) is 0 Å². The van der Waals surface area contributed by atoms with Gasteiger partial charge < -0.3 is 0 Å². The molecule has 1 unspecified atom stereocenters. The molecule has 4 rings (SSSR count). The molecule has 0 spiro atoms. The second kappa shape index (κ2) is 7.02. The van der Waals surface area contributed by atoms with Crippen molar-refractivity contribution < 1.29 is 12.7 Å². The van der Waals surface area contributed by atoms with Crippen LogP contribution in [0.15, 0.2) is 75.6 Å². The van der Waals surface area contributed by atoms with Crippen LogP contribution in [0.3, 0.4) is 0 Å². The molecule has 1 aliphatic rings. The minimum Gasteiger partial charge on any atom is -0.264 e. The third kappa shape index (κ3) is 3.35. The number of rotatable bonds is 4. The lowest BCUT2D eigenvalue weighted by Crippen LogP contribution is -2.14. The summed E-state index contributed by atoms with van der Waals surface area (Å²) in [7, 11) is -3.95. The van der Waals surface area contributed by atoms with Gasteiger partial charge in [0.1, 0.15) is 10.6 Å². The van der Waals surface area contributed by atoms with Gasteiger partial charge in [0.2, 0.25) is 0 Å². The van der Waals surface area contributed by atoms with Crippen molar-refractivity contribution in [2.45, 2.75) is 35.3 Å². The fourth-order valence-electron chi connectivity index (χ4n) is 3.20. The molecule has 6 heteroatoms. The number of aryl methyl sites for hydroxylation is 1. The van der Waals surface area contributed by atoms with Gasteiger partial charge in [-0.3, -0.25) is 4.28 Å². The van der Waals surface area contributed by atoms with Crippen molar-refractivity contribution in [1.29, 1.82) is 0 Å². The average molecular weight is 398 g/mol. The topological polar surface area (TPSA) is 55.7 Å². The van der Waals surface area contributed by atoms with Crippen LogP contribution in [0.25, 0.3) is 10.8 Å². The van der Waals surface area contributed by atoms with Gasteiger partial charge in [0.05, 0.1) is 5.25 Å². The summed E-state index contributed by atoms with van der Waals surface area (Å²) >= 11 is 1.70. The van der Waals surface area contributed by atoms with Crippen LogP contribution in [0.4, 0.5) is 0 Å². The van der Waals surface area contributed by atoms with E-state index in [1.165, 1.54) is 12.1 Å². The second-order valence-electron chi connectivity index (χ2n) is 6.49. The SMILES string of the molecule is CCC1Sc2ccc3ccccc3c2/C1=N/OS(=O)(=O)c1ccc(C)cc1. The quantitative estimate of drug-likeness (QED) is 0.572. The van der Waals surface area contributed by atoms with E-state index >= 15 is 0 Å². The third-order valence-electron chi connectivity index (χ3n) is 4.64. The van der Waals surface area contributed by atoms with E-state index in [0.29, 0.717) is 5.71 Å². The van der Waals surface area contributed by atoms with E-state index < -0.39 is 10.1 Å². The molecule has 27 heavy (non-hydrogen) atoms. The van der Waals surface area contributed by atoms with Crippen molar-refractivity contribution in [1.82, 2.24) is 0 Å². The van der Waals surface area contributed by atoms with Gasteiger partial charge in [0.15, 0.2) is 0 Å². The lowest BCUT2D eigenvalue weighted by Gasteiger charge is -2.09. The smallest absolute Gasteiger partial charge is 0.264 e. The molecule has 1 atom stereocenters. The summed E-state index contributed by atoms with van der Waals surface area (Å²) in [6, 6.07) is 18.8. The van der Waals surface area contributed by atoms with E-state index in [-0.39, 0.29) is 10.1 Å². The summed E-state index contributed by atoms with van der Waals surface area (Å²) in [6.45, 7) is 3.97. The van der Waals surface area contributed by atoms with Crippen LogP contribution in [0, 0.1) is 6.92 Å². The van der Waals surface area contributed by atoms with Crippen molar-refractivity contribution in [3.8, 4) is 0 Å². The van der Waals surface area contributed by atoms with Crippen LogP contribution < -0.4 is 0 Å². The summed E-state index contributed by atoms with van der Waals surface area (Å²) in [5.74, 6) is 0. The fraction of sp³-hybridized carbons (Fsp3) is 0.190. The molecular weight excluding hydrogens is 378 g/mol. The van der Waals surface area contributed by atoms with Gasteiger partial charge >= 0.3 is 10.1 Å². The Morgan fingerprint density at radius 2 is 1.78 bits per heavy atom. The molecule has 0 saturated carbocycles. The first kappa shape index (κ1) is 18.1. The lowest BCUT2D eigenvalue weighted by atomic mass is 9.99. The highest BCUT2D eigenvalue weighted by atomic mass is 32.2. The monoisotopic (exact) mass is 397 g/mol. The molecular formula is C21H19NO3S2. The van der Waals surface area contributed by atoms with Crippen LogP contribution >= 0.6 is 11.8 Å². The summed E-state index contributed by atoms with van der Waals surface area (Å²) in [6.07, 6.45) is 0.834. The zero-order chi connectivity index (χ0) is 19.0. The number of fused-ring (bicyclic) bond motifs is 3. The number of oxime groups is 1. The number of nitrogens with zero attached hydrogens (tertiary/aromatic N) is 1. The van der Waals surface area contributed by atoms with Crippen LogP contribution in [-0.2, 0) is 14.4 Å². The summed E-state index contributed by atoms with van der Waals surface area (Å²) in [5, 5.41) is 6.38. The van der Waals surface area contributed by atoms with Crippen molar-refractivity contribution in [3.05, 3.63) is 71.8 Å². The number of hydrogen-bond acceptors (Lipinski definition) is 5. The van der Waals surface area contributed by atoms with Crippen molar-refractivity contribution in [2.75, 3.05) is 0 Å². The summed E-state index contributed by atoms with van der Waals surface area (Å²) < 4.78 is 30.2. The normalized spacial score (nSPS) is 18.0.